The Bertz CT molecular complexity index is 606. The van der Waals surface area contributed by atoms with Gasteiger partial charge in [-0.25, -0.2) is 0 Å². The Labute approximate surface area is 137 Å². The summed E-state index contributed by atoms with van der Waals surface area (Å²) in [5.74, 6) is 1.36. The van der Waals surface area contributed by atoms with Gasteiger partial charge in [0.2, 0.25) is 0 Å². The number of hydrogen-bond donors (Lipinski definition) is 1. The van der Waals surface area contributed by atoms with Crippen LogP contribution in [0.5, 0.6) is 5.75 Å². The molecule has 0 saturated carbocycles. The van der Waals surface area contributed by atoms with Gasteiger partial charge in [-0.05, 0) is 52.2 Å². The number of carbonyl (C=O) groups is 1. The highest BCUT2D eigenvalue weighted by molar-refractivity contribution is 5.80. The number of ether oxygens (including phenoxy) is 1. The molecular weight excluding hydrogens is 292 g/mol. The molecule has 1 aromatic heterocycles. The maximum atomic E-state index is 12.2. The Kier molecular flexibility index (Phi) is 5.82. The first-order valence-corrected chi connectivity index (χ1v) is 7.68. The second kappa shape index (κ2) is 7.83. The van der Waals surface area contributed by atoms with E-state index in [0.717, 1.165) is 11.3 Å². The first-order chi connectivity index (χ1) is 11.0. The Morgan fingerprint density at radius 3 is 2.52 bits per heavy atom. The molecule has 1 N–H and O–H groups in total. The molecule has 0 aliphatic carbocycles. The molecular formula is C18H24N2O3. The smallest absolute Gasteiger partial charge is 0.260 e. The first-order valence-electron chi connectivity index (χ1n) is 7.68. The van der Waals surface area contributed by atoms with Crippen LogP contribution in [0.15, 0.2) is 47.1 Å². The number of rotatable bonds is 7. The molecule has 0 radical (unpaired) electrons. The van der Waals surface area contributed by atoms with Crippen LogP contribution in [0.2, 0.25) is 0 Å². The molecule has 0 bridgehead atoms. The molecule has 2 unspecified atom stereocenters. The fourth-order valence-electron chi connectivity index (χ4n) is 2.23. The minimum Gasteiger partial charge on any atom is -0.481 e. The lowest BCUT2D eigenvalue weighted by molar-refractivity contribution is -0.127. The van der Waals surface area contributed by atoms with Crippen LogP contribution in [0, 0.1) is 6.92 Å². The van der Waals surface area contributed by atoms with Crippen LogP contribution in [0.4, 0.5) is 0 Å². The third-order valence-corrected chi connectivity index (χ3v) is 3.67. The van der Waals surface area contributed by atoms with E-state index in [2.05, 4.69) is 5.32 Å². The summed E-state index contributed by atoms with van der Waals surface area (Å²) in [6.07, 6.45) is 1.08. The van der Waals surface area contributed by atoms with Gasteiger partial charge < -0.3 is 14.5 Å². The van der Waals surface area contributed by atoms with E-state index in [1.54, 1.807) is 13.2 Å². The zero-order valence-electron chi connectivity index (χ0n) is 14.1. The summed E-state index contributed by atoms with van der Waals surface area (Å²) in [6, 6.07) is 11.4. The maximum absolute atomic E-state index is 12.2. The third-order valence-electron chi connectivity index (χ3n) is 3.67. The fraction of sp³-hybridized carbons (Fsp3) is 0.389. The number of furan rings is 1. The van der Waals surface area contributed by atoms with Gasteiger partial charge in [-0.15, -0.1) is 0 Å². The zero-order valence-corrected chi connectivity index (χ0v) is 14.1. The second-order valence-corrected chi connectivity index (χ2v) is 5.81. The van der Waals surface area contributed by atoms with Crippen LogP contribution in [-0.4, -0.2) is 37.6 Å². The standard InChI is InChI=1S/C18H24N2O3/c1-13-7-9-15(10-8-13)23-14(2)18(21)19-12-16(20(3)4)17-6-5-11-22-17/h5-11,14,16H,12H2,1-4H3,(H,19,21). The molecule has 0 aliphatic heterocycles. The zero-order chi connectivity index (χ0) is 16.8. The van der Waals surface area contributed by atoms with E-state index in [1.807, 2.05) is 62.3 Å². The summed E-state index contributed by atoms with van der Waals surface area (Å²) in [5.41, 5.74) is 1.15. The largest absolute Gasteiger partial charge is 0.481 e. The van der Waals surface area contributed by atoms with E-state index in [1.165, 1.54) is 0 Å². The van der Waals surface area contributed by atoms with E-state index in [0.29, 0.717) is 12.3 Å². The van der Waals surface area contributed by atoms with E-state index in [4.69, 9.17) is 9.15 Å². The van der Waals surface area contributed by atoms with Gasteiger partial charge >= 0.3 is 0 Å². The second-order valence-electron chi connectivity index (χ2n) is 5.81. The lowest BCUT2D eigenvalue weighted by Crippen LogP contribution is -2.40. The van der Waals surface area contributed by atoms with Crippen molar-refractivity contribution in [3.63, 3.8) is 0 Å². The highest BCUT2D eigenvalue weighted by Crippen LogP contribution is 2.18. The van der Waals surface area contributed by atoms with E-state index >= 15 is 0 Å². The Morgan fingerprint density at radius 1 is 1.26 bits per heavy atom. The first kappa shape index (κ1) is 17.1. The average Bonchev–Trinajstić information content (AvgIpc) is 3.03. The van der Waals surface area contributed by atoms with Crippen molar-refractivity contribution in [1.29, 1.82) is 0 Å². The normalized spacial score (nSPS) is 13.6. The van der Waals surface area contributed by atoms with Gasteiger partial charge in [0.05, 0.1) is 12.3 Å². The summed E-state index contributed by atoms with van der Waals surface area (Å²) in [6.45, 7) is 4.21. The van der Waals surface area contributed by atoms with Gasteiger partial charge in [-0.1, -0.05) is 17.7 Å². The predicted octanol–water partition coefficient (Wildman–Crippen LogP) is 2.77. The highest BCUT2D eigenvalue weighted by atomic mass is 16.5. The number of hydrogen-bond acceptors (Lipinski definition) is 4. The van der Waals surface area contributed by atoms with Crippen LogP contribution in [0.25, 0.3) is 0 Å². The summed E-state index contributed by atoms with van der Waals surface area (Å²) >= 11 is 0. The van der Waals surface area contributed by atoms with E-state index in [9.17, 15) is 4.79 Å². The van der Waals surface area contributed by atoms with Crippen molar-refractivity contribution in [2.45, 2.75) is 26.0 Å². The van der Waals surface area contributed by atoms with Gasteiger partial charge in [0.15, 0.2) is 6.10 Å². The van der Waals surface area contributed by atoms with Crippen LogP contribution in [0.1, 0.15) is 24.3 Å². The molecule has 1 heterocycles. The lowest BCUT2D eigenvalue weighted by Gasteiger charge is -2.23. The summed E-state index contributed by atoms with van der Waals surface area (Å²) in [7, 11) is 3.90. The van der Waals surface area contributed by atoms with Crippen LogP contribution >= 0.6 is 0 Å². The number of likely N-dealkylation sites (N-methyl/N-ethyl adjacent to an activating group) is 1. The van der Waals surface area contributed by atoms with Gasteiger partial charge in [0.1, 0.15) is 11.5 Å². The van der Waals surface area contributed by atoms with Crippen molar-refractivity contribution in [3.05, 3.63) is 54.0 Å². The molecule has 5 heteroatoms. The topological polar surface area (TPSA) is 54.7 Å². The molecule has 124 valence electrons. The number of nitrogens with one attached hydrogen (secondary N) is 1. The summed E-state index contributed by atoms with van der Waals surface area (Å²) in [4.78, 5) is 14.2. The van der Waals surface area contributed by atoms with Gasteiger partial charge in [-0.3, -0.25) is 9.69 Å². The van der Waals surface area contributed by atoms with Crippen molar-refractivity contribution < 1.29 is 13.9 Å². The predicted molar refractivity (Wildman–Crippen MR) is 89.4 cm³/mol. The van der Waals surface area contributed by atoms with Gasteiger partial charge in [-0.2, -0.15) is 0 Å². The molecule has 2 atom stereocenters. The van der Waals surface area contributed by atoms with Crippen molar-refractivity contribution in [2.24, 2.45) is 0 Å². The number of carbonyl (C=O) groups excluding carboxylic acids is 1. The third kappa shape index (κ3) is 4.86. The number of aryl methyl sites for hydroxylation is 1. The molecule has 0 aliphatic rings. The molecule has 23 heavy (non-hydrogen) atoms. The highest BCUT2D eigenvalue weighted by Gasteiger charge is 2.20. The van der Waals surface area contributed by atoms with Crippen molar-refractivity contribution in [1.82, 2.24) is 10.2 Å². The van der Waals surface area contributed by atoms with Crippen molar-refractivity contribution >= 4 is 5.91 Å². The van der Waals surface area contributed by atoms with Crippen molar-refractivity contribution in [3.8, 4) is 5.75 Å². The minimum atomic E-state index is -0.558. The Balaban J connectivity index is 1.88. The SMILES string of the molecule is Cc1ccc(OC(C)C(=O)NCC(c2ccco2)N(C)C)cc1. The number of amides is 1. The fourth-order valence-corrected chi connectivity index (χ4v) is 2.23. The molecule has 5 nitrogen and oxygen atoms in total. The van der Waals surface area contributed by atoms with Crippen molar-refractivity contribution in [2.75, 3.05) is 20.6 Å². The Morgan fingerprint density at radius 2 is 1.96 bits per heavy atom. The molecule has 0 saturated heterocycles. The number of nitrogens with zero attached hydrogens (tertiary/aromatic N) is 1. The monoisotopic (exact) mass is 316 g/mol. The molecule has 0 fully saturated rings. The molecule has 2 aromatic rings. The van der Waals surface area contributed by atoms with Crippen LogP contribution < -0.4 is 10.1 Å². The van der Waals surface area contributed by atoms with Gasteiger partial charge in [0.25, 0.3) is 5.91 Å². The van der Waals surface area contributed by atoms with E-state index < -0.39 is 6.10 Å². The number of benzene rings is 1. The Hall–Kier alpha value is -2.27. The van der Waals surface area contributed by atoms with Crippen LogP contribution in [0.3, 0.4) is 0 Å². The molecule has 1 aromatic carbocycles. The minimum absolute atomic E-state index is 0.0134. The van der Waals surface area contributed by atoms with Crippen LogP contribution in [-0.2, 0) is 4.79 Å². The van der Waals surface area contributed by atoms with Gasteiger partial charge in [0, 0.05) is 6.54 Å². The molecule has 2 rings (SSSR count). The van der Waals surface area contributed by atoms with E-state index in [-0.39, 0.29) is 11.9 Å². The summed E-state index contributed by atoms with van der Waals surface area (Å²) < 4.78 is 11.1. The summed E-state index contributed by atoms with van der Waals surface area (Å²) in [5, 5.41) is 2.92. The lowest BCUT2D eigenvalue weighted by atomic mass is 10.2. The maximum Gasteiger partial charge on any atom is 0.260 e. The quantitative estimate of drug-likeness (QED) is 0.853. The molecule has 0 spiro atoms. The average molecular weight is 316 g/mol. The molecule has 1 amide bonds.